The van der Waals surface area contributed by atoms with Gasteiger partial charge in [0.05, 0.1) is 0 Å². The maximum absolute atomic E-state index is 8.86. The Hall–Kier alpha value is -0.603. The summed E-state index contributed by atoms with van der Waals surface area (Å²) in [4.78, 5) is 0. The van der Waals surface area contributed by atoms with E-state index in [9.17, 15) is 0 Å². The normalized spacial score (nSPS) is 11.8. The van der Waals surface area contributed by atoms with E-state index in [0.717, 1.165) is 6.42 Å². The fraction of sp³-hybridized carbons (Fsp3) is 0.625. The minimum Gasteiger partial charge on any atom is -0.396 e. The Bertz CT molecular complexity index is 324. The zero-order valence-corrected chi connectivity index (χ0v) is 13.2. The lowest BCUT2D eigenvalue weighted by molar-refractivity contribution is 0.299. The topological polar surface area (TPSA) is 20.2 Å². The summed E-state index contributed by atoms with van der Waals surface area (Å²) < 4.78 is 0. The molecule has 0 bridgehead atoms. The monoisotopic (exact) mass is 264 g/mol. The van der Waals surface area contributed by atoms with Crippen LogP contribution in [0.2, 0.25) is 25.7 Å². The summed E-state index contributed by atoms with van der Waals surface area (Å²) in [5, 5.41) is 8.86. The van der Waals surface area contributed by atoms with E-state index in [1.54, 1.807) is 0 Å². The molecule has 2 heteroatoms. The van der Waals surface area contributed by atoms with E-state index in [2.05, 4.69) is 43.9 Å². The Kier molecular flexibility index (Phi) is 6.65. The Labute approximate surface area is 113 Å². The van der Waals surface area contributed by atoms with Crippen LogP contribution < -0.4 is 0 Å². The maximum Gasteiger partial charge on any atom is 0.0471 e. The molecule has 1 rings (SSSR count). The second-order valence-corrected chi connectivity index (χ2v) is 12.0. The van der Waals surface area contributed by atoms with Crippen LogP contribution in [0.3, 0.4) is 0 Å². The average Bonchev–Trinajstić information content (AvgIpc) is 2.30. The number of hydrogen-bond donors (Lipinski definition) is 1. The van der Waals surface area contributed by atoms with Crippen LogP contribution in [0.5, 0.6) is 0 Å². The van der Waals surface area contributed by atoms with Crippen LogP contribution in [-0.4, -0.2) is 19.8 Å². The lowest BCUT2D eigenvalue weighted by atomic mass is 10.0. The van der Waals surface area contributed by atoms with E-state index in [1.807, 2.05) is 0 Å². The molecule has 1 aromatic carbocycles. The molecule has 0 unspecified atom stereocenters. The fourth-order valence-electron chi connectivity index (χ4n) is 2.16. The van der Waals surface area contributed by atoms with Crippen molar-refractivity contribution >= 4 is 8.07 Å². The standard InChI is InChI=1S/C16H28OSi/c1-18(2,3)14-6-4-5-7-15-8-10-16(11-9-15)12-13-17/h8-11,17H,4-7,12-14H2,1-3H3. The molecule has 1 N–H and O–H groups in total. The van der Waals surface area contributed by atoms with Gasteiger partial charge in [-0.25, -0.2) is 0 Å². The molecule has 1 aromatic rings. The second kappa shape index (κ2) is 7.75. The number of aryl methyl sites for hydroxylation is 1. The van der Waals surface area contributed by atoms with Gasteiger partial charge < -0.3 is 5.11 Å². The van der Waals surface area contributed by atoms with Crippen LogP contribution in [0.4, 0.5) is 0 Å². The molecular formula is C16H28OSi. The highest BCUT2D eigenvalue weighted by molar-refractivity contribution is 6.76. The molecule has 0 heterocycles. The largest absolute Gasteiger partial charge is 0.396 e. The predicted octanol–water partition coefficient (Wildman–Crippen LogP) is 4.27. The Morgan fingerprint density at radius 1 is 0.833 bits per heavy atom. The Morgan fingerprint density at radius 3 is 1.89 bits per heavy atom. The molecule has 0 aliphatic carbocycles. The van der Waals surface area contributed by atoms with Gasteiger partial charge >= 0.3 is 0 Å². The summed E-state index contributed by atoms with van der Waals surface area (Å²) in [7, 11) is -0.827. The number of aliphatic hydroxyl groups is 1. The lowest BCUT2D eigenvalue weighted by Crippen LogP contribution is -2.18. The molecule has 102 valence electrons. The van der Waals surface area contributed by atoms with Gasteiger partial charge in [0.25, 0.3) is 0 Å². The molecule has 0 amide bonds. The van der Waals surface area contributed by atoms with E-state index in [1.165, 1.54) is 42.9 Å². The van der Waals surface area contributed by atoms with Crippen molar-refractivity contribution in [1.29, 1.82) is 0 Å². The molecule has 0 radical (unpaired) electrons. The van der Waals surface area contributed by atoms with Crippen molar-refractivity contribution < 1.29 is 5.11 Å². The first-order valence-electron chi connectivity index (χ1n) is 7.20. The molecule has 18 heavy (non-hydrogen) atoms. The van der Waals surface area contributed by atoms with Gasteiger partial charge in [0.2, 0.25) is 0 Å². The van der Waals surface area contributed by atoms with Gasteiger partial charge in [0.1, 0.15) is 0 Å². The van der Waals surface area contributed by atoms with E-state index in [-0.39, 0.29) is 6.61 Å². The van der Waals surface area contributed by atoms with Crippen molar-refractivity contribution in [1.82, 2.24) is 0 Å². The van der Waals surface area contributed by atoms with Gasteiger partial charge in [0, 0.05) is 14.7 Å². The quantitative estimate of drug-likeness (QED) is 0.549. The third-order valence-electron chi connectivity index (χ3n) is 3.32. The third-order valence-corrected chi connectivity index (χ3v) is 5.17. The van der Waals surface area contributed by atoms with Crippen LogP contribution in [-0.2, 0) is 12.8 Å². The van der Waals surface area contributed by atoms with Gasteiger partial charge in [-0.15, -0.1) is 0 Å². The van der Waals surface area contributed by atoms with Crippen LogP contribution >= 0.6 is 0 Å². The van der Waals surface area contributed by atoms with E-state index in [4.69, 9.17) is 5.11 Å². The van der Waals surface area contributed by atoms with Crippen LogP contribution in [0.1, 0.15) is 30.4 Å². The van der Waals surface area contributed by atoms with Crippen molar-refractivity contribution in [2.45, 2.75) is 57.8 Å². The summed E-state index contributed by atoms with van der Waals surface area (Å²) in [6.07, 6.45) is 6.05. The first kappa shape index (κ1) is 15.5. The average molecular weight is 264 g/mol. The van der Waals surface area contributed by atoms with Crippen molar-refractivity contribution in [3.8, 4) is 0 Å². The number of unbranched alkanes of at least 4 members (excludes halogenated alkanes) is 2. The zero-order valence-electron chi connectivity index (χ0n) is 12.2. The van der Waals surface area contributed by atoms with Crippen LogP contribution in [0, 0.1) is 0 Å². The molecule has 0 saturated carbocycles. The van der Waals surface area contributed by atoms with Gasteiger partial charge in [-0.1, -0.05) is 62.8 Å². The number of aliphatic hydroxyl groups excluding tert-OH is 1. The van der Waals surface area contributed by atoms with Crippen molar-refractivity contribution in [3.05, 3.63) is 35.4 Å². The highest BCUT2D eigenvalue weighted by Crippen LogP contribution is 2.15. The summed E-state index contributed by atoms with van der Waals surface area (Å²) in [5.41, 5.74) is 2.67. The van der Waals surface area contributed by atoms with Crippen LogP contribution in [0.25, 0.3) is 0 Å². The molecule has 0 atom stereocenters. The van der Waals surface area contributed by atoms with E-state index >= 15 is 0 Å². The Morgan fingerprint density at radius 2 is 1.39 bits per heavy atom. The van der Waals surface area contributed by atoms with Gasteiger partial charge in [-0.3, -0.25) is 0 Å². The molecule has 0 aliphatic heterocycles. The first-order chi connectivity index (χ1) is 8.51. The minimum atomic E-state index is -0.827. The third kappa shape index (κ3) is 6.97. The zero-order chi connectivity index (χ0) is 13.4. The molecule has 0 saturated heterocycles. The SMILES string of the molecule is C[Si](C)(C)CCCCCc1ccc(CCO)cc1. The first-order valence-corrected chi connectivity index (χ1v) is 10.9. The maximum atomic E-state index is 8.86. The minimum absolute atomic E-state index is 0.246. The Balaban J connectivity index is 2.19. The van der Waals surface area contributed by atoms with Gasteiger partial charge in [-0.05, 0) is 30.4 Å². The summed E-state index contributed by atoms with van der Waals surface area (Å²) in [5.74, 6) is 0. The molecular weight excluding hydrogens is 236 g/mol. The molecule has 0 spiro atoms. The molecule has 0 aliphatic rings. The van der Waals surface area contributed by atoms with Gasteiger partial charge in [-0.2, -0.15) is 0 Å². The molecule has 1 nitrogen and oxygen atoms in total. The molecule has 0 fully saturated rings. The van der Waals surface area contributed by atoms with Crippen molar-refractivity contribution in [3.63, 3.8) is 0 Å². The highest BCUT2D eigenvalue weighted by atomic mass is 28.3. The second-order valence-electron chi connectivity index (χ2n) is 6.41. The van der Waals surface area contributed by atoms with Crippen molar-refractivity contribution in [2.75, 3.05) is 6.61 Å². The number of hydrogen-bond acceptors (Lipinski definition) is 1. The van der Waals surface area contributed by atoms with Crippen LogP contribution in [0.15, 0.2) is 24.3 Å². The lowest BCUT2D eigenvalue weighted by Gasteiger charge is -2.14. The van der Waals surface area contributed by atoms with E-state index < -0.39 is 8.07 Å². The highest BCUT2D eigenvalue weighted by Gasteiger charge is 2.11. The molecule has 0 aromatic heterocycles. The van der Waals surface area contributed by atoms with E-state index in [0.29, 0.717) is 0 Å². The summed E-state index contributed by atoms with van der Waals surface area (Å²) in [6, 6.07) is 10.2. The van der Waals surface area contributed by atoms with Crippen molar-refractivity contribution in [2.24, 2.45) is 0 Å². The number of benzene rings is 1. The smallest absolute Gasteiger partial charge is 0.0471 e. The fourth-order valence-corrected chi connectivity index (χ4v) is 3.47. The van der Waals surface area contributed by atoms with Gasteiger partial charge in [0.15, 0.2) is 0 Å². The predicted molar refractivity (Wildman–Crippen MR) is 82.9 cm³/mol. The number of rotatable bonds is 8. The summed E-state index contributed by atoms with van der Waals surface area (Å²) >= 11 is 0. The summed E-state index contributed by atoms with van der Waals surface area (Å²) in [6.45, 7) is 7.60.